The topological polar surface area (TPSA) is 43.8 Å². The molecule has 100 valence electrons. The van der Waals surface area contributed by atoms with E-state index in [1.54, 1.807) is 0 Å². The summed E-state index contributed by atoms with van der Waals surface area (Å²) in [6.07, 6.45) is 3.58. The number of benzene rings is 1. The molecule has 2 aromatic rings. The molecule has 3 rings (SSSR count). The second kappa shape index (κ2) is 5.17. The molecule has 0 radical (unpaired) electrons. The van der Waals surface area contributed by atoms with Gasteiger partial charge in [0, 0.05) is 11.3 Å². The van der Waals surface area contributed by atoms with Crippen LogP contribution in [-0.4, -0.2) is 16.3 Å². The van der Waals surface area contributed by atoms with E-state index >= 15 is 0 Å². The number of aryl methyl sites for hydroxylation is 1. The molecule has 1 aliphatic rings. The summed E-state index contributed by atoms with van der Waals surface area (Å²) in [5.74, 6) is 0.508. The summed E-state index contributed by atoms with van der Waals surface area (Å²) in [5, 5.41) is 4.75. The van der Waals surface area contributed by atoms with Crippen molar-refractivity contribution in [2.24, 2.45) is 5.73 Å². The van der Waals surface area contributed by atoms with E-state index in [0.29, 0.717) is 5.92 Å². The van der Waals surface area contributed by atoms with Crippen molar-refractivity contribution >= 4 is 0 Å². The van der Waals surface area contributed by atoms with E-state index < -0.39 is 0 Å². The van der Waals surface area contributed by atoms with E-state index in [1.165, 1.54) is 35.4 Å². The Morgan fingerprint density at radius 2 is 2.11 bits per heavy atom. The molecule has 1 aliphatic carbocycles. The van der Waals surface area contributed by atoms with Crippen LogP contribution in [0.4, 0.5) is 0 Å². The highest BCUT2D eigenvalue weighted by atomic mass is 15.3. The highest BCUT2D eigenvalue weighted by Gasteiger charge is 2.25. The Hall–Kier alpha value is -1.61. The highest BCUT2D eigenvalue weighted by molar-refractivity contribution is 5.33. The van der Waals surface area contributed by atoms with Crippen LogP contribution in [0.2, 0.25) is 0 Å². The van der Waals surface area contributed by atoms with Crippen molar-refractivity contribution in [1.29, 1.82) is 0 Å². The van der Waals surface area contributed by atoms with Crippen LogP contribution in [0.15, 0.2) is 30.3 Å². The van der Waals surface area contributed by atoms with Gasteiger partial charge in [0.25, 0.3) is 0 Å². The summed E-state index contributed by atoms with van der Waals surface area (Å²) in [6.45, 7) is 3.73. The molecular formula is C16H21N3. The first kappa shape index (κ1) is 12.4. The largest absolute Gasteiger partial charge is 0.330 e. The molecule has 0 bridgehead atoms. The van der Waals surface area contributed by atoms with Gasteiger partial charge < -0.3 is 5.73 Å². The maximum absolute atomic E-state index is 5.91. The minimum Gasteiger partial charge on any atom is -0.330 e. The number of aromatic nitrogens is 2. The quantitative estimate of drug-likeness (QED) is 0.916. The second-order valence-corrected chi connectivity index (χ2v) is 5.41. The van der Waals surface area contributed by atoms with Crippen molar-refractivity contribution in [1.82, 2.24) is 9.78 Å². The maximum atomic E-state index is 5.91. The predicted octanol–water partition coefficient (Wildman–Crippen LogP) is 2.62. The van der Waals surface area contributed by atoms with Gasteiger partial charge in [-0.05, 0) is 44.2 Å². The molecule has 1 heterocycles. The molecule has 0 fully saturated rings. The third-order valence-electron chi connectivity index (χ3n) is 4.12. The lowest BCUT2D eigenvalue weighted by molar-refractivity contribution is 0.531. The van der Waals surface area contributed by atoms with Gasteiger partial charge in [0.2, 0.25) is 0 Å². The minimum absolute atomic E-state index is 0.508. The molecule has 1 aromatic heterocycles. The van der Waals surface area contributed by atoms with Crippen molar-refractivity contribution in [2.45, 2.75) is 38.6 Å². The van der Waals surface area contributed by atoms with Crippen molar-refractivity contribution < 1.29 is 0 Å². The number of hydrogen-bond acceptors (Lipinski definition) is 2. The van der Waals surface area contributed by atoms with Crippen LogP contribution in [0.1, 0.15) is 41.3 Å². The van der Waals surface area contributed by atoms with E-state index in [0.717, 1.165) is 19.5 Å². The predicted molar refractivity (Wildman–Crippen MR) is 77.2 cm³/mol. The van der Waals surface area contributed by atoms with Crippen molar-refractivity contribution in [3.63, 3.8) is 0 Å². The third-order valence-corrected chi connectivity index (χ3v) is 4.12. The van der Waals surface area contributed by atoms with E-state index in [9.17, 15) is 0 Å². The molecule has 0 saturated carbocycles. The monoisotopic (exact) mass is 255 g/mol. The molecule has 0 aliphatic heterocycles. The Morgan fingerprint density at radius 3 is 2.84 bits per heavy atom. The summed E-state index contributed by atoms with van der Waals surface area (Å²) in [5.41, 5.74) is 11.2. The zero-order valence-corrected chi connectivity index (χ0v) is 11.5. The molecule has 0 amide bonds. The summed E-state index contributed by atoms with van der Waals surface area (Å²) >= 11 is 0. The average molecular weight is 255 g/mol. The van der Waals surface area contributed by atoms with Crippen LogP contribution in [0, 0.1) is 6.92 Å². The van der Waals surface area contributed by atoms with Crippen LogP contribution in [-0.2, 0) is 13.0 Å². The van der Waals surface area contributed by atoms with E-state index in [2.05, 4.69) is 41.9 Å². The molecule has 2 N–H and O–H groups in total. The lowest BCUT2D eigenvalue weighted by atomic mass is 9.85. The number of hydrogen-bond donors (Lipinski definition) is 1. The lowest BCUT2D eigenvalue weighted by Crippen LogP contribution is -2.19. The van der Waals surface area contributed by atoms with Gasteiger partial charge in [-0.3, -0.25) is 4.68 Å². The Labute approximate surface area is 114 Å². The molecule has 1 atom stereocenters. The fourth-order valence-corrected chi connectivity index (χ4v) is 3.22. The molecule has 3 heteroatoms. The Morgan fingerprint density at radius 1 is 1.32 bits per heavy atom. The van der Waals surface area contributed by atoms with Crippen LogP contribution in [0.3, 0.4) is 0 Å². The smallest absolute Gasteiger partial charge is 0.0662 e. The van der Waals surface area contributed by atoms with Crippen molar-refractivity contribution in [3.8, 4) is 0 Å². The first-order valence-corrected chi connectivity index (χ1v) is 7.09. The van der Waals surface area contributed by atoms with Gasteiger partial charge in [-0.15, -0.1) is 0 Å². The lowest BCUT2D eigenvalue weighted by Gasteiger charge is -2.22. The molecule has 19 heavy (non-hydrogen) atoms. The van der Waals surface area contributed by atoms with Crippen LogP contribution >= 0.6 is 0 Å². The fraction of sp³-hybridized carbons (Fsp3) is 0.438. The van der Waals surface area contributed by atoms with E-state index in [-0.39, 0.29) is 0 Å². The standard InChI is InChI=1S/C16H21N3/c1-12-16-14(10-17)8-5-9-15(16)19(18-12)11-13-6-3-2-4-7-13/h2-4,6-7,14H,5,8-11,17H2,1H3. The summed E-state index contributed by atoms with van der Waals surface area (Å²) in [4.78, 5) is 0. The normalized spacial score (nSPS) is 18.3. The van der Waals surface area contributed by atoms with Gasteiger partial charge in [0.1, 0.15) is 0 Å². The fourth-order valence-electron chi connectivity index (χ4n) is 3.22. The molecule has 1 aromatic carbocycles. The van der Waals surface area contributed by atoms with Gasteiger partial charge in [0.15, 0.2) is 0 Å². The summed E-state index contributed by atoms with van der Waals surface area (Å²) < 4.78 is 2.18. The molecule has 0 spiro atoms. The molecule has 0 saturated heterocycles. The Balaban J connectivity index is 1.95. The number of nitrogens with two attached hydrogens (primary N) is 1. The van der Waals surface area contributed by atoms with Gasteiger partial charge in [-0.1, -0.05) is 30.3 Å². The first-order valence-electron chi connectivity index (χ1n) is 7.09. The first-order chi connectivity index (χ1) is 9.29. The average Bonchev–Trinajstić information content (AvgIpc) is 2.77. The number of nitrogens with zero attached hydrogens (tertiary/aromatic N) is 2. The zero-order valence-electron chi connectivity index (χ0n) is 11.5. The molecular weight excluding hydrogens is 234 g/mol. The molecule has 3 nitrogen and oxygen atoms in total. The van der Waals surface area contributed by atoms with E-state index in [4.69, 9.17) is 10.8 Å². The van der Waals surface area contributed by atoms with Gasteiger partial charge in [0.05, 0.1) is 12.2 Å². The Kier molecular flexibility index (Phi) is 3.38. The second-order valence-electron chi connectivity index (χ2n) is 5.41. The van der Waals surface area contributed by atoms with Crippen LogP contribution in [0.25, 0.3) is 0 Å². The highest BCUT2D eigenvalue weighted by Crippen LogP contribution is 2.33. The SMILES string of the molecule is Cc1nn(Cc2ccccc2)c2c1C(CN)CCC2. The van der Waals surface area contributed by atoms with Crippen LogP contribution in [0.5, 0.6) is 0 Å². The van der Waals surface area contributed by atoms with E-state index in [1.807, 2.05) is 0 Å². The van der Waals surface area contributed by atoms with Crippen molar-refractivity contribution in [3.05, 3.63) is 52.8 Å². The van der Waals surface area contributed by atoms with Gasteiger partial charge in [-0.2, -0.15) is 5.10 Å². The Bertz CT molecular complexity index is 557. The zero-order chi connectivity index (χ0) is 13.2. The van der Waals surface area contributed by atoms with Crippen molar-refractivity contribution in [2.75, 3.05) is 6.54 Å². The van der Waals surface area contributed by atoms with Gasteiger partial charge >= 0.3 is 0 Å². The third kappa shape index (κ3) is 2.30. The molecule has 1 unspecified atom stereocenters. The van der Waals surface area contributed by atoms with Crippen LogP contribution < -0.4 is 5.73 Å². The van der Waals surface area contributed by atoms with Gasteiger partial charge in [-0.25, -0.2) is 0 Å². The number of fused-ring (bicyclic) bond motifs is 1. The summed E-state index contributed by atoms with van der Waals surface area (Å²) in [6, 6.07) is 10.5. The maximum Gasteiger partial charge on any atom is 0.0662 e. The number of rotatable bonds is 3. The minimum atomic E-state index is 0.508. The summed E-state index contributed by atoms with van der Waals surface area (Å²) in [7, 11) is 0.